The molecule has 2 heterocycles. The topological polar surface area (TPSA) is 76.1 Å². The van der Waals surface area contributed by atoms with Gasteiger partial charge in [0.05, 0.1) is 30.9 Å². The lowest BCUT2D eigenvalue weighted by Gasteiger charge is -2.13. The highest BCUT2D eigenvalue weighted by molar-refractivity contribution is 7.09. The molecule has 0 radical (unpaired) electrons. The maximum Gasteiger partial charge on any atom is 0.315 e. The molecule has 0 spiro atoms. The van der Waals surface area contributed by atoms with E-state index in [0.717, 1.165) is 22.5 Å². The van der Waals surface area contributed by atoms with Crippen LogP contribution in [0, 0.1) is 13.8 Å². The number of carbonyl (C=O) groups is 1. The smallest absolute Gasteiger partial charge is 0.315 e. The van der Waals surface area contributed by atoms with Gasteiger partial charge in [0.2, 0.25) is 5.88 Å². The van der Waals surface area contributed by atoms with Crippen molar-refractivity contribution in [3.63, 3.8) is 0 Å². The SMILES string of the molecule is COc1nc(C)cc(C)c1CNC(=O)NCc1csc(C2CC2)n1. The predicted molar refractivity (Wildman–Crippen MR) is 93.4 cm³/mol. The van der Waals surface area contributed by atoms with E-state index in [9.17, 15) is 4.79 Å². The van der Waals surface area contributed by atoms with Gasteiger partial charge in [0.1, 0.15) is 0 Å². The molecule has 0 saturated heterocycles. The second kappa shape index (κ2) is 7.17. The third kappa shape index (κ3) is 4.03. The minimum Gasteiger partial charge on any atom is -0.481 e. The fraction of sp³-hybridized carbons (Fsp3) is 0.471. The first-order valence-corrected chi connectivity index (χ1v) is 8.92. The number of amides is 2. The van der Waals surface area contributed by atoms with E-state index in [1.165, 1.54) is 17.8 Å². The molecule has 0 atom stereocenters. The average Bonchev–Trinajstić information content (AvgIpc) is 3.30. The number of thiazole rings is 1. The van der Waals surface area contributed by atoms with Gasteiger partial charge in [0, 0.05) is 22.6 Å². The Morgan fingerprint density at radius 2 is 2.04 bits per heavy atom. The highest BCUT2D eigenvalue weighted by Crippen LogP contribution is 2.41. The van der Waals surface area contributed by atoms with Gasteiger partial charge < -0.3 is 15.4 Å². The van der Waals surface area contributed by atoms with Crippen molar-refractivity contribution in [1.82, 2.24) is 20.6 Å². The third-order valence-corrected chi connectivity index (χ3v) is 5.04. The third-order valence-electron chi connectivity index (χ3n) is 3.98. The summed E-state index contributed by atoms with van der Waals surface area (Å²) < 4.78 is 5.31. The number of pyridine rings is 1. The Hall–Kier alpha value is -2.15. The Bertz CT molecular complexity index is 740. The fourth-order valence-corrected chi connectivity index (χ4v) is 3.53. The number of ether oxygens (including phenoxy) is 1. The summed E-state index contributed by atoms with van der Waals surface area (Å²) in [5, 5.41) is 8.91. The van der Waals surface area contributed by atoms with Gasteiger partial charge >= 0.3 is 6.03 Å². The quantitative estimate of drug-likeness (QED) is 0.843. The Balaban J connectivity index is 1.51. The van der Waals surface area contributed by atoms with E-state index in [1.807, 2.05) is 25.3 Å². The molecule has 0 aromatic carbocycles. The molecule has 2 aromatic heterocycles. The summed E-state index contributed by atoms with van der Waals surface area (Å²) in [5.74, 6) is 1.21. The summed E-state index contributed by atoms with van der Waals surface area (Å²) in [6.45, 7) is 4.72. The molecule has 0 bridgehead atoms. The van der Waals surface area contributed by atoms with E-state index >= 15 is 0 Å². The van der Waals surface area contributed by atoms with E-state index in [1.54, 1.807) is 18.4 Å². The molecule has 1 saturated carbocycles. The van der Waals surface area contributed by atoms with Crippen LogP contribution in [0.2, 0.25) is 0 Å². The normalized spacial score (nSPS) is 13.6. The predicted octanol–water partition coefficient (Wildman–Crippen LogP) is 3.04. The first-order chi connectivity index (χ1) is 11.6. The molecule has 128 valence electrons. The maximum atomic E-state index is 12.0. The van der Waals surface area contributed by atoms with E-state index in [4.69, 9.17) is 4.74 Å². The van der Waals surface area contributed by atoms with Crippen molar-refractivity contribution in [3.8, 4) is 5.88 Å². The van der Waals surface area contributed by atoms with Crippen LogP contribution in [0.25, 0.3) is 0 Å². The molecule has 0 aliphatic heterocycles. The van der Waals surface area contributed by atoms with Crippen LogP contribution in [0.5, 0.6) is 5.88 Å². The highest BCUT2D eigenvalue weighted by Gasteiger charge is 2.26. The van der Waals surface area contributed by atoms with Crippen LogP contribution in [-0.2, 0) is 13.1 Å². The van der Waals surface area contributed by atoms with Crippen LogP contribution < -0.4 is 15.4 Å². The molecular weight excluding hydrogens is 324 g/mol. The average molecular weight is 346 g/mol. The number of hydrogen-bond donors (Lipinski definition) is 2. The van der Waals surface area contributed by atoms with Crippen molar-refractivity contribution in [2.45, 2.75) is 45.7 Å². The van der Waals surface area contributed by atoms with E-state index in [0.29, 0.717) is 24.9 Å². The number of aryl methyl sites for hydroxylation is 2. The standard InChI is InChI=1S/C17H22N4O2S/c1-10-6-11(2)20-15(23-3)14(10)8-19-17(22)18-7-13-9-24-16(21-13)12-4-5-12/h6,9,12H,4-5,7-8H2,1-3H3,(H2,18,19,22). The van der Waals surface area contributed by atoms with Gasteiger partial charge in [-0.1, -0.05) is 0 Å². The van der Waals surface area contributed by atoms with Crippen LogP contribution in [0.15, 0.2) is 11.4 Å². The van der Waals surface area contributed by atoms with Crippen molar-refractivity contribution < 1.29 is 9.53 Å². The number of urea groups is 1. The second-order valence-electron chi connectivity index (χ2n) is 6.06. The van der Waals surface area contributed by atoms with E-state index < -0.39 is 0 Å². The zero-order chi connectivity index (χ0) is 17.1. The minimum absolute atomic E-state index is 0.224. The molecule has 2 N–H and O–H groups in total. The molecule has 0 unspecified atom stereocenters. The lowest BCUT2D eigenvalue weighted by molar-refractivity contribution is 0.240. The van der Waals surface area contributed by atoms with Gasteiger partial charge in [0.15, 0.2) is 0 Å². The lowest BCUT2D eigenvalue weighted by atomic mass is 10.1. The molecular formula is C17H22N4O2S. The zero-order valence-electron chi connectivity index (χ0n) is 14.2. The van der Waals surface area contributed by atoms with Crippen molar-refractivity contribution >= 4 is 17.4 Å². The van der Waals surface area contributed by atoms with Crippen LogP contribution in [0.3, 0.4) is 0 Å². The molecule has 1 aliphatic rings. The Morgan fingerprint density at radius 1 is 1.29 bits per heavy atom. The molecule has 2 aromatic rings. The van der Waals surface area contributed by atoms with Crippen molar-refractivity contribution in [2.75, 3.05) is 7.11 Å². The first kappa shape index (κ1) is 16.7. The Kier molecular flexibility index (Phi) is 4.99. The summed E-state index contributed by atoms with van der Waals surface area (Å²) >= 11 is 1.68. The molecule has 3 rings (SSSR count). The van der Waals surface area contributed by atoms with Crippen LogP contribution >= 0.6 is 11.3 Å². The van der Waals surface area contributed by atoms with Gasteiger partial charge in [-0.2, -0.15) is 0 Å². The fourth-order valence-electron chi connectivity index (χ4n) is 2.54. The zero-order valence-corrected chi connectivity index (χ0v) is 15.0. The number of hydrogen-bond acceptors (Lipinski definition) is 5. The van der Waals surface area contributed by atoms with Crippen LogP contribution in [0.1, 0.15) is 46.3 Å². The molecule has 2 amide bonds. The molecule has 24 heavy (non-hydrogen) atoms. The van der Waals surface area contributed by atoms with Gasteiger partial charge in [-0.3, -0.25) is 0 Å². The lowest BCUT2D eigenvalue weighted by Crippen LogP contribution is -2.35. The number of methoxy groups -OCH3 is 1. The highest BCUT2D eigenvalue weighted by atomic mass is 32.1. The maximum absolute atomic E-state index is 12.0. The second-order valence-corrected chi connectivity index (χ2v) is 6.95. The number of aromatic nitrogens is 2. The van der Waals surface area contributed by atoms with Gasteiger partial charge in [-0.05, 0) is 38.3 Å². The molecule has 7 heteroatoms. The monoisotopic (exact) mass is 346 g/mol. The molecule has 6 nitrogen and oxygen atoms in total. The summed E-state index contributed by atoms with van der Waals surface area (Å²) in [7, 11) is 1.59. The van der Waals surface area contributed by atoms with Crippen molar-refractivity contribution in [1.29, 1.82) is 0 Å². The number of nitrogens with zero attached hydrogens (tertiary/aromatic N) is 2. The Morgan fingerprint density at radius 3 is 2.75 bits per heavy atom. The van der Waals surface area contributed by atoms with E-state index in [-0.39, 0.29) is 6.03 Å². The minimum atomic E-state index is -0.224. The van der Waals surface area contributed by atoms with Gasteiger partial charge in [-0.25, -0.2) is 14.8 Å². The van der Waals surface area contributed by atoms with Crippen LogP contribution in [0.4, 0.5) is 4.79 Å². The Labute approximate surface area is 145 Å². The summed E-state index contributed by atoms with van der Waals surface area (Å²) in [6, 6.07) is 1.75. The summed E-state index contributed by atoms with van der Waals surface area (Å²) in [6.07, 6.45) is 2.49. The van der Waals surface area contributed by atoms with Crippen molar-refractivity contribution in [3.05, 3.63) is 39.0 Å². The van der Waals surface area contributed by atoms with E-state index in [2.05, 4.69) is 20.6 Å². The van der Waals surface area contributed by atoms with Crippen molar-refractivity contribution in [2.24, 2.45) is 0 Å². The molecule has 1 fully saturated rings. The largest absolute Gasteiger partial charge is 0.481 e. The van der Waals surface area contributed by atoms with Gasteiger partial charge in [-0.15, -0.1) is 11.3 Å². The summed E-state index contributed by atoms with van der Waals surface area (Å²) in [4.78, 5) is 20.9. The first-order valence-electron chi connectivity index (χ1n) is 8.04. The number of nitrogens with one attached hydrogen (secondary N) is 2. The van der Waals surface area contributed by atoms with Crippen LogP contribution in [-0.4, -0.2) is 23.1 Å². The molecule has 1 aliphatic carbocycles. The number of carbonyl (C=O) groups excluding carboxylic acids is 1. The number of rotatable bonds is 6. The summed E-state index contributed by atoms with van der Waals surface area (Å²) in [5.41, 5.74) is 3.76. The van der Waals surface area contributed by atoms with Gasteiger partial charge in [0.25, 0.3) is 0 Å².